The number of aryl methyl sites for hydroxylation is 2. The number of allylic oxidation sites excluding steroid dienone is 4. The fraction of sp³-hybridized carbons (Fsp3) is 0.128. The minimum atomic E-state index is 1.01. The summed E-state index contributed by atoms with van der Waals surface area (Å²) in [6.45, 7) is 19.9. The molecule has 0 saturated heterocycles. The summed E-state index contributed by atoms with van der Waals surface area (Å²) in [6.07, 6.45) is 13.7. The van der Waals surface area contributed by atoms with Crippen LogP contribution in [0, 0.1) is 13.8 Å². The SMILES string of the molecule is C=C/C=C\c1ccc(-c2cc(-c3ccc(-c4nccc5ccccc45)cc3)cc(-c3ccc(/C=C\C=C)c(C)c3)c2)cc1C.CC.CC. The van der Waals surface area contributed by atoms with Gasteiger partial charge in [-0.3, -0.25) is 4.98 Å². The number of fused-ring (bicyclic) bond motifs is 1. The Morgan fingerprint density at radius 2 is 0.938 bits per heavy atom. The number of nitrogens with zero attached hydrogens (tertiary/aromatic N) is 1. The van der Waals surface area contributed by atoms with Gasteiger partial charge < -0.3 is 0 Å². The molecule has 1 nitrogen and oxygen atoms in total. The molecule has 0 fully saturated rings. The number of rotatable bonds is 8. The smallest absolute Gasteiger partial charge is 0.0780 e. The second-order valence-electron chi connectivity index (χ2n) is 11.1. The van der Waals surface area contributed by atoms with Crippen molar-refractivity contribution in [1.29, 1.82) is 0 Å². The van der Waals surface area contributed by atoms with Crippen molar-refractivity contribution in [3.63, 3.8) is 0 Å². The maximum atomic E-state index is 4.73. The molecule has 0 radical (unpaired) electrons. The molecule has 0 spiro atoms. The van der Waals surface area contributed by atoms with Crippen molar-refractivity contribution in [3.05, 3.63) is 175 Å². The van der Waals surface area contributed by atoms with Gasteiger partial charge in [0.2, 0.25) is 0 Å². The first-order valence-electron chi connectivity index (χ1n) is 16.9. The summed E-state index contributed by atoms with van der Waals surface area (Å²) in [6, 6.07) is 39.5. The van der Waals surface area contributed by atoms with Crippen LogP contribution in [0.4, 0.5) is 0 Å². The van der Waals surface area contributed by atoms with E-state index in [9.17, 15) is 0 Å². The Balaban J connectivity index is 0.00000125. The maximum absolute atomic E-state index is 4.73. The normalized spacial score (nSPS) is 10.7. The lowest BCUT2D eigenvalue weighted by Crippen LogP contribution is -1.90. The molecule has 6 rings (SSSR count). The zero-order chi connectivity index (χ0) is 34.5. The van der Waals surface area contributed by atoms with Crippen LogP contribution in [0.2, 0.25) is 0 Å². The fourth-order valence-corrected chi connectivity index (χ4v) is 5.73. The van der Waals surface area contributed by atoms with Gasteiger partial charge in [0, 0.05) is 17.1 Å². The lowest BCUT2D eigenvalue weighted by Gasteiger charge is -2.14. The van der Waals surface area contributed by atoms with Crippen molar-refractivity contribution in [3.8, 4) is 44.6 Å². The van der Waals surface area contributed by atoms with Crippen molar-refractivity contribution in [2.75, 3.05) is 0 Å². The standard InChI is InChI=1S/C43H35N.2C2H6/c1-5-7-11-32-15-21-37(25-30(32)3)40-27-39(28-41(29-40)38-22-16-33(12-8-6-2)31(4)26-38)34-17-19-36(20-18-34)43-42-14-10-9-13-35(42)23-24-44-43;2*1-2/h5-29H,1-2H2,3-4H3;2*1-2H3/b11-7-,12-8-;;. The number of aromatic nitrogens is 1. The van der Waals surface area contributed by atoms with E-state index in [1.807, 2.05) is 58.2 Å². The monoisotopic (exact) mass is 625 g/mol. The molecule has 6 aromatic rings. The topological polar surface area (TPSA) is 12.9 Å². The Hall–Kier alpha value is -5.53. The Labute approximate surface area is 288 Å². The third-order valence-electron chi connectivity index (χ3n) is 8.13. The molecule has 5 aromatic carbocycles. The van der Waals surface area contributed by atoms with Crippen molar-refractivity contribution in [2.24, 2.45) is 0 Å². The first kappa shape index (κ1) is 35.3. The van der Waals surface area contributed by atoms with Crippen LogP contribution in [-0.4, -0.2) is 4.98 Å². The molecule has 0 aliphatic carbocycles. The molecule has 0 amide bonds. The number of pyridine rings is 1. The van der Waals surface area contributed by atoms with E-state index in [0.29, 0.717) is 0 Å². The highest BCUT2D eigenvalue weighted by Crippen LogP contribution is 2.36. The molecule has 1 heterocycles. The number of hydrogen-bond donors (Lipinski definition) is 0. The fourth-order valence-electron chi connectivity index (χ4n) is 5.73. The summed E-state index contributed by atoms with van der Waals surface area (Å²) in [5, 5.41) is 2.36. The summed E-state index contributed by atoms with van der Waals surface area (Å²) in [5.41, 5.74) is 14.1. The molecule has 0 N–H and O–H groups in total. The predicted octanol–water partition coefficient (Wildman–Crippen LogP) is 14.0. The largest absolute Gasteiger partial charge is 0.256 e. The van der Waals surface area contributed by atoms with Crippen LogP contribution < -0.4 is 0 Å². The van der Waals surface area contributed by atoms with E-state index in [0.717, 1.165) is 16.6 Å². The van der Waals surface area contributed by atoms with E-state index < -0.39 is 0 Å². The third-order valence-corrected chi connectivity index (χ3v) is 8.13. The van der Waals surface area contributed by atoms with Crippen molar-refractivity contribution >= 4 is 22.9 Å². The van der Waals surface area contributed by atoms with Crippen LogP contribution in [0.5, 0.6) is 0 Å². The van der Waals surface area contributed by atoms with Gasteiger partial charge in [0.05, 0.1) is 5.69 Å². The van der Waals surface area contributed by atoms with Crippen LogP contribution in [0.25, 0.3) is 67.6 Å². The van der Waals surface area contributed by atoms with E-state index in [1.54, 1.807) is 0 Å². The predicted molar refractivity (Wildman–Crippen MR) is 214 cm³/mol. The first-order chi connectivity index (χ1) is 23.5. The average molecular weight is 626 g/mol. The molecule has 1 aromatic heterocycles. The van der Waals surface area contributed by atoms with Gasteiger partial charge in [0.1, 0.15) is 0 Å². The molecule has 0 saturated carbocycles. The minimum Gasteiger partial charge on any atom is -0.256 e. The Morgan fingerprint density at radius 3 is 1.44 bits per heavy atom. The highest BCUT2D eigenvalue weighted by Gasteiger charge is 2.11. The quantitative estimate of drug-likeness (QED) is 0.153. The first-order valence-corrected chi connectivity index (χ1v) is 16.9. The summed E-state index contributed by atoms with van der Waals surface area (Å²) in [4.78, 5) is 4.73. The van der Waals surface area contributed by atoms with E-state index in [1.165, 1.54) is 61.0 Å². The van der Waals surface area contributed by atoms with E-state index >= 15 is 0 Å². The van der Waals surface area contributed by atoms with Crippen LogP contribution in [0.15, 0.2) is 153 Å². The second kappa shape index (κ2) is 17.4. The van der Waals surface area contributed by atoms with Crippen LogP contribution in [0.1, 0.15) is 49.9 Å². The molecule has 0 aliphatic rings. The number of benzene rings is 5. The molecule has 48 heavy (non-hydrogen) atoms. The number of hydrogen-bond acceptors (Lipinski definition) is 1. The van der Waals surface area contributed by atoms with Gasteiger partial charge in [-0.1, -0.05) is 162 Å². The van der Waals surface area contributed by atoms with Gasteiger partial charge in [0.25, 0.3) is 0 Å². The maximum Gasteiger partial charge on any atom is 0.0780 e. The van der Waals surface area contributed by atoms with Crippen molar-refractivity contribution in [1.82, 2.24) is 4.98 Å². The molecule has 0 bridgehead atoms. The summed E-state index contributed by atoms with van der Waals surface area (Å²) < 4.78 is 0. The zero-order valence-electron chi connectivity index (χ0n) is 29.3. The van der Waals surface area contributed by atoms with Gasteiger partial charge in [-0.25, -0.2) is 0 Å². The summed E-state index contributed by atoms with van der Waals surface area (Å²) >= 11 is 0. The molecular formula is C47H47N. The lowest BCUT2D eigenvalue weighted by atomic mass is 9.91. The van der Waals surface area contributed by atoms with Gasteiger partial charge in [-0.2, -0.15) is 0 Å². The zero-order valence-corrected chi connectivity index (χ0v) is 29.3. The molecule has 0 atom stereocenters. The van der Waals surface area contributed by atoms with Crippen molar-refractivity contribution < 1.29 is 0 Å². The van der Waals surface area contributed by atoms with Gasteiger partial charge in [0.15, 0.2) is 0 Å². The van der Waals surface area contributed by atoms with Crippen molar-refractivity contribution in [2.45, 2.75) is 41.5 Å². The summed E-state index contributed by atoms with van der Waals surface area (Å²) in [5.74, 6) is 0. The molecular weight excluding hydrogens is 579 g/mol. The molecule has 0 unspecified atom stereocenters. The van der Waals surface area contributed by atoms with E-state index in [4.69, 9.17) is 4.98 Å². The molecule has 1 heteroatoms. The van der Waals surface area contributed by atoms with E-state index in [2.05, 4.69) is 148 Å². The molecule has 240 valence electrons. The highest BCUT2D eigenvalue weighted by atomic mass is 14.7. The molecule has 0 aliphatic heterocycles. The van der Waals surface area contributed by atoms with E-state index in [-0.39, 0.29) is 0 Å². The van der Waals surface area contributed by atoms with Crippen LogP contribution in [-0.2, 0) is 0 Å². The Bertz CT molecular complexity index is 1960. The second-order valence-corrected chi connectivity index (χ2v) is 11.1. The van der Waals surface area contributed by atoms with Crippen LogP contribution >= 0.6 is 0 Å². The highest BCUT2D eigenvalue weighted by molar-refractivity contribution is 5.94. The Morgan fingerprint density at radius 1 is 0.479 bits per heavy atom. The van der Waals surface area contributed by atoms with Crippen LogP contribution in [0.3, 0.4) is 0 Å². The summed E-state index contributed by atoms with van der Waals surface area (Å²) in [7, 11) is 0. The van der Waals surface area contributed by atoms with Gasteiger partial charge >= 0.3 is 0 Å². The lowest BCUT2D eigenvalue weighted by molar-refractivity contribution is 1.36. The minimum absolute atomic E-state index is 1.01. The Kier molecular flexibility index (Phi) is 12.8. The third kappa shape index (κ3) is 8.24. The van der Waals surface area contributed by atoms with Gasteiger partial charge in [-0.05, 0) is 99.1 Å². The van der Waals surface area contributed by atoms with Gasteiger partial charge in [-0.15, -0.1) is 0 Å². The average Bonchev–Trinajstić information content (AvgIpc) is 3.15.